The Morgan fingerprint density at radius 1 is 0.641 bits per heavy atom. The molecule has 0 N–H and O–H groups in total. The molecule has 0 saturated heterocycles. The molecule has 0 saturated carbocycles. The molecule has 0 spiro atoms. The van der Waals surface area contributed by atoms with Crippen molar-refractivity contribution in [2.24, 2.45) is 0 Å². The van der Waals surface area contributed by atoms with E-state index in [9.17, 15) is 0 Å². The van der Waals surface area contributed by atoms with Crippen LogP contribution in [-0.4, -0.2) is 19.5 Å². The average molecular weight is 521 g/mol. The van der Waals surface area contributed by atoms with Crippen molar-refractivity contribution in [2.45, 2.75) is 0 Å². The van der Waals surface area contributed by atoms with E-state index in [0.29, 0.717) is 5.89 Å². The minimum Gasteiger partial charge on any atom is -0.445 e. The molecule has 5 nitrogen and oxygen atoms in total. The molecule has 8 rings (SSSR count). The number of aromatic nitrogens is 4. The lowest BCUT2D eigenvalue weighted by molar-refractivity contribution is 0.574. The lowest BCUT2D eigenvalue weighted by Crippen LogP contribution is -1.95. The van der Waals surface area contributed by atoms with E-state index in [1.54, 1.807) is 23.8 Å². The largest absolute Gasteiger partial charge is 0.445 e. The van der Waals surface area contributed by atoms with Crippen LogP contribution in [0.4, 0.5) is 0 Å². The summed E-state index contributed by atoms with van der Waals surface area (Å²) in [5.41, 5.74) is 8.46. The molecule has 4 aromatic carbocycles. The third-order valence-corrected chi connectivity index (χ3v) is 8.12. The number of rotatable bonds is 4. The fourth-order valence-electron chi connectivity index (χ4n) is 5.27. The molecule has 6 heteroatoms. The van der Waals surface area contributed by atoms with E-state index >= 15 is 0 Å². The standard InChI is InChI=1S/C33H20N4OS/c1-2-10-29-25(8-1)26-13-11-23(33-36-28-14-12-22(20-31(28)39-33)32-35-16-17-38-32)19-30(26)37(29)24-7-5-6-21(18-24)27-9-3-4-15-34-27/h1-20H. The third-order valence-electron chi connectivity index (χ3n) is 7.05. The molecular formula is C33H20N4OS. The summed E-state index contributed by atoms with van der Waals surface area (Å²) in [7, 11) is 0. The van der Waals surface area contributed by atoms with Gasteiger partial charge in [0, 0.05) is 39.3 Å². The lowest BCUT2D eigenvalue weighted by Gasteiger charge is -2.10. The number of para-hydroxylation sites is 1. The van der Waals surface area contributed by atoms with Gasteiger partial charge >= 0.3 is 0 Å². The number of oxazole rings is 1. The molecule has 0 atom stereocenters. The molecular weight excluding hydrogens is 500 g/mol. The maximum absolute atomic E-state index is 5.50. The third kappa shape index (κ3) is 3.65. The van der Waals surface area contributed by atoms with Crippen molar-refractivity contribution in [1.82, 2.24) is 19.5 Å². The number of hydrogen-bond donors (Lipinski definition) is 0. The Bertz CT molecular complexity index is 2120. The van der Waals surface area contributed by atoms with Gasteiger partial charge in [0.05, 0.1) is 33.1 Å². The van der Waals surface area contributed by atoms with Gasteiger partial charge in [-0.25, -0.2) is 9.97 Å². The van der Waals surface area contributed by atoms with E-state index in [2.05, 4.69) is 87.3 Å². The topological polar surface area (TPSA) is 56.7 Å². The molecule has 0 fully saturated rings. The Hall–Kier alpha value is -5.07. The predicted octanol–water partition coefficient (Wildman–Crippen LogP) is 8.78. The average Bonchev–Trinajstić information content (AvgIpc) is 3.75. The zero-order valence-corrected chi connectivity index (χ0v) is 21.5. The number of benzene rings is 4. The van der Waals surface area contributed by atoms with Gasteiger partial charge in [-0.15, -0.1) is 11.3 Å². The van der Waals surface area contributed by atoms with Crippen LogP contribution < -0.4 is 0 Å². The first kappa shape index (κ1) is 22.0. The first-order valence-electron chi connectivity index (χ1n) is 12.7. The molecule has 0 amide bonds. The summed E-state index contributed by atoms with van der Waals surface area (Å²) in [4.78, 5) is 13.8. The predicted molar refractivity (Wildman–Crippen MR) is 158 cm³/mol. The van der Waals surface area contributed by atoms with E-state index in [1.165, 1.54) is 16.3 Å². The number of pyridine rings is 1. The van der Waals surface area contributed by atoms with Crippen molar-refractivity contribution in [2.75, 3.05) is 0 Å². The number of thiazole rings is 1. The van der Waals surface area contributed by atoms with Crippen molar-refractivity contribution in [3.63, 3.8) is 0 Å². The van der Waals surface area contributed by atoms with Gasteiger partial charge in [-0.1, -0.05) is 48.5 Å². The van der Waals surface area contributed by atoms with Crippen LogP contribution in [0.5, 0.6) is 0 Å². The van der Waals surface area contributed by atoms with Crippen molar-refractivity contribution < 1.29 is 4.42 Å². The van der Waals surface area contributed by atoms with E-state index in [1.807, 2.05) is 36.5 Å². The van der Waals surface area contributed by atoms with Gasteiger partial charge in [0.25, 0.3) is 0 Å². The van der Waals surface area contributed by atoms with Crippen LogP contribution in [0.3, 0.4) is 0 Å². The minimum absolute atomic E-state index is 0.616. The zero-order valence-electron chi connectivity index (χ0n) is 20.7. The van der Waals surface area contributed by atoms with E-state index in [4.69, 9.17) is 9.40 Å². The molecule has 184 valence electrons. The highest BCUT2D eigenvalue weighted by atomic mass is 32.1. The van der Waals surface area contributed by atoms with Crippen LogP contribution in [0, 0.1) is 0 Å². The molecule has 39 heavy (non-hydrogen) atoms. The number of hydrogen-bond acceptors (Lipinski definition) is 5. The van der Waals surface area contributed by atoms with Gasteiger partial charge in [-0.3, -0.25) is 4.98 Å². The SMILES string of the molecule is c1ccc(-c2cccc(-n3c4ccccc4c4ccc(-c5nc6ccc(-c7ncco7)cc6s5)cc43)c2)nc1. The molecule has 0 aliphatic heterocycles. The van der Waals surface area contributed by atoms with E-state index < -0.39 is 0 Å². The van der Waals surface area contributed by atoms with Crippen LogP contribution >= 0.6 is 11.3 Å². The first-order valence-corrected chi connectivity index (χ1v) is 13.5. The number of fused-ring (bicyclic) bond motifs is 4. The molecule has 0 bridgehead atoms. The van der Waals surface area contributed by atoms with Crippen LogP contribution in [0.2, 0.25) is 0 Å². The molecule has 8 aromatic rings. The summed E-state index contributed by atoms with van der Waals surface area (Å²) in [6.45, 7) is 0. The van der Waals surface area contributed by atoms with Crippen LogP contribution in [-0.2, 0) is 0 Å². The quantitative estimate of drug-likeness (QED) is 0.233. The Morgan fingerprint density at radius 3 is 2.44 bits per heavy atom. The van der Waals surface area contributed by atoms with Crippen molar-refractivity contribution in [3.05, 3.63) is 122 Å². The van der Waals surface area contributed by atoms with Gasteiger partial charge in [-0.2, -0.15) is 0 Å². The molecule has 0 unspecified atom stereocenters. The molecule has 4 heterocycles. The summed E-state index contributed by atoms with van der Waals surface area (Å²) < 4.78 is 8.94. The highest BCUT2D eigenvalue weighted by molar-refractivity contribution is 7.21. The summed E-state index contributed by atoms with van der Waals surface area (Å²) in [6.07, 6.45) is 5.09. The Balaban J connectivity index is 1.31. The van der Waals surface area contributed by atoms with Gasteiger partial charge in [-0.05, 0) is 54.6 Å². The normalized spacial score (nSPS) is 11.6. The molecule has 0 radical (unpaired) electrons. The maximum atomic E-state index is 5.50. The zero-order chi connectivity index (χ0) is 25.8. The van der Waals surface area contributed by atoms with E-state index in [0.717, 1.165) is 48.8 Å². The Labute approximate surface area is 227 Å². The second kappa shape index (κ2) is 8.75. The summed E-state index contributed by atoms with van der Waals surface area (Å²) in [6, 6.07) is 36.0. The minimum atomic E-state index is 0.616. The maximum Gasteiger partial charge on any atom is 0.225 e. The molecule has 0 aliphatic carbocycles. The van der Waals surface area contributed by atoms with Gasteiger partial charge in [0.15, 0.2) is 0 Å². The monoisotopic (exact) mass is 520 g/mol. The van der Waals surface area contributed by atoms with Gasteiger partial charge in [0.1, 0.15) is 11.3 Å². The highest BCUT2D eigenvalue weighted by Crippen LogP contribution is 2.38. The Kier molecular flexibility index (Phi) is 4.93. The highest BCUT2D eigenvalue weighted by Gasteiger charge is 2.16. The Morgan fingerprint density at radius 2 is 1.54 bits per heavy atom. The van der Waals surface area contributed by atoms with Crippen molar-refractivity contribution in [1.29, 1.82) is 0 Å². The van der Waals surface area contributed by atoms with E-state index in [-0.39, 0.29) is 0 Å². The molecule has 4 aromatic heterocycles. The lowest BCUT2D eigenvalue weighted by atomic mass is 10.1. The van der Waals surface area contributed by atoms with Gasteiger partial charge in [0.2, 0.25) is 5.89 Å². The van der Waals surface area contributed by atoms with Crippen molar-refractivity contribution >= 4 is 43.4 Å². The fraction of sp³-hybridized carbons (Fsp3) is 0. The first-order chi connectivity index (χ1) is 19.3. The molecule has 0 aliphatic rings. The summed E-state index contributed by atoms with van der Waals surface area (Å²) in [5, 5.41) is 3.42. The second-order valence-electron chi connectivity index (χ2n) is 9.39. The van der Waals surface area contributed by atoms with Crippen molar-refractivity contribution in [3.8, 4) is 39.0 Å². The summed E-state index contributed by atoms with van der Waals surface area (Å²) in [5.74, 6) is 0.616. The fourth-order valence-corrected chi connectivity index (χ4v) is 6.27. The number of nitrogens with zero attached hydrogens (tertiary/aromatic N) is 4. The summed E-state index contributed by atoms with van der Waals surface area (Å²) >= 11 is 1.68. The smallest absolute Gasteiger partial charge is 0.225 e. The second-order valence-corrected chi connectivity index (χ2v) is 10.4. The van der Waals surface area contributed by atoms with Gasteiger partial charge < -0.3 is 8.98 Å². The van der Waals surface area contributed by atoms with Crippen LogP contribution in [0.25, 0.3) is 71.0 Å². The van der Waals surface area contributed by atoms with Crippen LogP contribution in [0.15, 0.2) is 126 Å². The van der Waals surface area contributed by atoms with Crippen LogP contribution in [0.1, 0.15) is 0 Å².